The Hall–Kier alpha value is -2.68. The van der Waals surface area contributed by atoms with Crippen LogP contribution in [-0.2, 0) is 23.9 Å². The van der Waals surface area contributed by atoms with Crippen LogP contribution >= 0.6 is 11.6 Å². The molecule has 0 saturated carbocycles. The Morgan fingerprint density at radius 2 is 2.03 bits per heavy atom. The molecule has 0 bridgehead atoms. The molecule has 0 radical (unpaired) electrons. The summed E-state index contributed by atoms with van der Waals surface area (Å²) in [6.07, 6.45) is 8.01. The van der Waals surface area contributed by atoms with Gasteiger partial charge in [-0.1, -0.05) is 48.0 Å². The number of β-amino-alcohol motifs (C(OH)–C–C–N with tert-alkyl or cyclic N) is 1. The molecular formula is C25H27ClN2O6. The van der Waals surface area contributed by atoms with Gasteiger partial charge < -0.3 is 24.4 Å². The van der Waals surface area contributed by atoms with Crippen LogP contribution in [-0.4, -0.2) is 71.8 Å². The predicted octanol–water partition coefficient (Wildman–Crippen LogP) is 2.02. The second-order valence-corrected chi connectivity index (χ2v) is 9.50. The number of aryl methyl sites for hydroxylation is 1. The number of cyclic esters (lactones) is 1. The summed E-state index contributed by atoms with van der Waals surface area (Å²) in [4.78, 5) is 43.8. The number of anilines is 1. The van der Waals surface area contributed by atoms with E-state index in [0.717, 1.165) is 12.0 Å². The fraction of sp³-hybridized carbons (Fsp3) is 0.480. The smallest absolute Gasteiger partial charge is 0.312 e. The number of esters is 1. The van der Waals surface area contributed by atoms with Gasteiger partial charge in [-0.15, -0.1) is 0 Å². The fourth-order valence-electron chi connectivity index (χ4n) is 5.77. The van der Waals surface area contributed by atoms with Crippen molar-refractivity contribution in [2.24, 2.45) is 11.8 Å². The Morgan fingerprint density at radius 1 is 1.21 bits per heavy atom. The third-order valence-corrected chi connectivity index (χ3v) is 7.46. The number of halogens is 1. The van der Waals surface area contributed by atoms with Gasteiger partial charge in [0.2, 0.25) is 5.91 Å². The largest absolute Gasteiger partial charge is 0.465 e. The number of rotatable bonds is 3. The van der Waals surface area contributed by atoms with Gasteiger partial charge >= 0.3 is 5.97 Å². The number of para-hydroxylation sites is 1. The van der Waals surface area contributed by atoms with Gasteiger partial charge in [0, 0.05) is 13.1 Å². The van der Waals surface area contributed by atoms with Crippen molar-refractivity contribution in [3.8, 4) is 0 Å². The first-order valence-electron chi connectivity index (χ1n) is 11.6. The second-order valence-electron chi connectivity index (χ2n) is 9.09. The van der Waals surface area contributed by atoms with Gasteiger partial charge in [0.1, 0.15) is 17.6 Å². The van der Waals surface area contributed by atoms with Crippen LogP contribution in [0.5, 0.6) is 0 Å². The van der Waals surface area contributed by atoms with Crippen LogP contribution in [0.3, 0.4) is 0 Å². The van der Waals surface area contributed by atoms with Crippen LogP contribution in [0.1, 0.15) is 18.4 Å². The SMILES string of the molecule is Cc1cccc(Cl)c1N1CC=C[C@]23O[C@@H]4/C=C\CCCOC(=O)[C@@H]4[C@H]2C(=O)N(CCO)C3C1=O. The van der Waals surface area contributed by atoms with E-state index < -0.39 is 41.5 Å². The van der Waals surface area contributed by atoms with Crippen LogP contribution in [0, 0.1) is 18.8 Å². The van der Waals surface area contributed by atoms with Gasteiger partial charge in [-0.25, -0.2) is 0 Å². The van der Waals surface area contributed by atoms with Gasteiger partial charge in [-0.05, 0) is 31.4 Å². The summed E-state index contributed by atoms with van der Waals surface area (Å²) in [5.74, 6) is -3.07. The molecule has 1 aromatic carbocycles. The molecule has 5 atom stereocenters. The minimum Gasteiger partial charge on any atom is -0.465 e. The molecule has 2 fully saturated rings. The molecule has 9 heteroatoms. The number of fused-ring (bicyclic) bond motifs is 2. The lowest BCUT2D eigenvalue weighted by atomic mass is 9.78. The van der Waals surface area contributed by atoms with Crippen molar-refractivity contribution < 1.29 is 29.0 Å². The highest BCUT2D eigenvalue weighted by Gasteiger charge is 2.71. The summed E-state index contributed by atoms with van der Waals surface area (Å²) in [5, 5.41) is 10.1. The van der Waals surface area contributed by atoms with Crippen LogP contribution in [0.4, 0.5) is 5.69 Å². The monoisotopic (exact) mass is 486 g/mol. The zero-order valence-electron chi connectivity index (χ0n) is 18.9. The minimum absolute atomic E-state index is 0.0533. The fourth-order valence-corrected chi connectivity index (χ4v) is 6.09. The average molecular weight is 487 g/mol. The van der Waals surface area contributed by atoms with Crippen LogP contribution in [0.25, 0.3) is 0 Å². The van der Waals surface area contributed by atoms with Crippen LogP contribution in [0.15, 0.2) is 42.5 Å². The quantitative estimate of drug-likeness (QED) is 0.518. The van der Waals surface area contributed by atoms with Gasteiger partial charge in [0.15, 0.2) is 0 Å². The Labute approximate surface area is 202 Å². The van der Waals surface area contributed by atoms with E-state index in [1.807, 2.05) is 31.2 Å². The van der Waals surface area contributed by atoms with E-state index in [1.165, 1.54) is 4.90 Å². The molecule has 8 nitrogen and oxygen atoms in total. The number of aliphatic hydroxyl groups excluding tert-OH is 1. The molecule has 0 aliphatic carbocycles. The zero-order chi connectivity index (χ0) is 24.0. The van der Waals surface area contributed by atoms with E-state index >= 15 is 0 Å². The lowest BCUT2D eigenvalue weighted by Crippen LogP contribution is -2.56. The number of nitrogens with zero attached hydrogens (tertiary/aromatic N) is 2. The average Bonchev–Trinajstić information content (AvgIpc) is 3.20. The summed E-state index contributed by atoms with van der Waals surface area (Å²) < 4.78 is 12.0. The summed E-state index contributed by atoms with van der Waals surface area (Å²) in [5.41, 5.74) is 0.0255. The Morgan fingerprint density at radius 3 is 2.79 bits per heavy atom. The molecule has 1 aromatic rings. The number of hydrogen-bond acceptors (Lipinski definition) is 6. The molecular weight excluding hydrogens is 460 g/mol. The van der Waals surface area contributed by atoms with E-state index in [0.29, 0.717) is 17.1 Å². The van der Waals surface area contributed by atoms with Crippen molar-refractivity contribution >= 4 is 35.1 Å². The number of aliphatic hydroxyl groups is 1. The summed E-state index contributed by atoms with van der Waals surface area (Å²) >= 11 is 6.49. The van der Waals surface area contributed by atoms with E-state index in [1.54, 1.807) is 23.1 Å². The number of amides is 2. The molecule has 1 unspecified atom stereocenters. The highest BCUT2D eigenvalue weighted by Crippen LogP contribution is 2.53. The highest BCUT2D eigenvalue weighted by atomic mass is 35.5. The molecule has 4 aliphatic heterocycles. The minimum atomic E-state index is -1.36. The number of ether oxygens (including phenoxy) is 2. The molecule has 0 aromatic heterocycles. The Kier molecular flexibility index (Phi) is 6.00. The number of carbonyl (C=O) groups is 3. The highest BCUT2D eigenvalue weighted by molar-refractivity contribution is 6.34. The van der Waals surface area contributed by atoms with Crippen molar-refractivity contribution in [3.05, 3.63) is 53.1 Å². The maximum Gasteiger partial charge on any atom is 0.312 e. The van der Waals surface area contributed by atoms with Gasteiger partial charge in [-0.3, -0.25) is 14.4 Å². The molecule has 2 saturated heterocycles. The Balaban J connectivity index is 1.63. The number of allylic oxidation sites excluding steroid dienone is 1. The third kappa shape index (κ3) is 3.39. The molecule has 4 heterocycles. The first kappa shape index (κ1) is 23.1. The van der Waals surface area contributed by atoms with Crippen LogP contribution in [0.2, 0.25) is 5.02 Å². The molecule has 2 amide bonds. The lowest BCUT2D eigenvalue weighted by Gasteiger charge is -2.35. The second kappa shape index (κ2) is 8.83. The van der Waals surface area contributed by atoms with E-state index in [-0.39, 0.29) is 32.2 Å². The van der Waals surface area contributed by atoms with Crippen molar-refractivity contribution in [3.63, 3.8) is 0 Å². The van der Waals surface area contributed by atoms with Crippen molar-refractivity contribution in [2.45, 2.75) is 37.5 Å². The summed E-state index contributed by atoms with van der Waals surface area (Å²) in [6, 6.07) is 4.34. The first-order valence-corrected chi connectivity index (χ1v) is 11.9. The number of hydrogen-bond donors (Lipinski definition) is 1. The number of carbonyl (C=O) groups excluding carboxylic acids is 3. The van der Waals surface area contributed by atoms with Crippen molar-refractivity contribution in [1.29, 1.82) is 0 Å². The zero-order valence-corrected chi connectivity index (χ0v) is 19.6. The van der Waals surface area contributed by atoms with Crippen LogP contribution < -0.4 is 4.90 Å². The van der Waals surface area contributed by atoms with E-state index in [4.69, 9.17) is 21.1 Å². The number of benzene rings is 1. The van der Waals surface area contributed by atoms with Crippen molar-refractivity contribution in [2.75, 3.05) is 31.2 Å². The van der Waals surface area contributed by atoms with E-state index in [9.17, 15) is 19.5 Å². The normalized spacial score (nSPS) is 33.9. The maximum absolute atomic E-state index is 14.1. The standard InChI is InChI=1S/C25H27ClN2O6/c1-15-7-5-8-16(26)20(15)27-11-6-10-25-19(22(30)28(12-13-29)21(25)23(27)31)18-17(34-25)9-3-2-4-14-33-24(18)32/h3,5-10,17-19,21,29H,2,4,11-14H2,1H3/b9-3-/t17-,18+,19+,21?,25+/m1/s1. The Bertz CT molecular complexity index is 1070. The summed E-state index contributed by atoms with van der Waals surface area (Å²) in [7, 11) is 0. The molecule has 180 valence electrons. The topological polar surface area (TPSA) is 96.4 Å². The molecule has 1 N–H and O–H groups in total. The van der Waals surface area contributed by atoms with E-state index in [2.05, 4.69) is 0 Å². The maximum atomic E-state index is 14.1. The van der Waals surface area contributed by atoms with Gasteiger partial charge in [0.25, 0.3) is 5.91 Å². The predicted molar refractivity (Wildman–Crippen MR) is 124 cm³/mol. The third-order valence-electron chi connectivity index (χ3n) is 7.15. The number of likely N-dealkylation sites (tertiary alicyclic amines) is 1. The van der Waals surface area contributed by atoms with Gasteiger partial charge in [-0.2, -0.15) is 0 Å². The molecule has 5 rings (SSSR count). The molecule has 4 aliphatic rings. The van der Waals surface area contributed by atoms with Gasteiger partial charge in [0.05, 0.1) is 35.9 Å². The molecule has 34 heavy (non-hydrogen) atoms. The summed E-state index contributed by atoms with van der Waals surface area (Å²) in [6.45, 7) is 1.98. The van der Waals surface area contributed by atoms with Crippen molar-refractivity contribution in [1.82, 2.24) is 4.90 Å². The molecule has 1 spiro atoms. The lowest BCUT2D eigenvalue weighted by molar-refractivity contribution is -0.154. The first-order chi connectivity index (χ1) is 16.4.